The zero-order valence-corrected chi connectivity index (χ0v) is 9.76. The van der Waals surface area contributed by atoms with Gasteiger partial charge in [-0.15, -0.1) is 0 Å². The molecule has 1 fully saturated rings. The lowest BCUT2D eigenvalue weighted by Crippen LogP contribution is -1.87. The summed E-state index contributed by atoms with van der Waals surface area (Å²) in [6.45, 7) is 0. The van der Waals surface area contributed by atoms with Gasteiger partial charge in [-0.1, -0.05) is 17.7 Å². The zero-order valence-electron chi connectivity index (χ0n) is 8.19. The van der Waals surface area contributed by atoms with E-state index in [-0.39, 0.29) is 0 Å². The molecule has 2 aromatic rings. The molecule has 0 amide bonds. The first kappa shape index (κ1) is 9.55. The van der Waals surface area contributed by atoms with Gasteiger partial charge in [0.15, 0.2) is 0 Å². The molecule has 0 aliphatic carbocycles. The Labute approximate surface area is 97.6 Å². The lowest BCUT2D eigenvalue weighted by atomic mass is 10.2. The summed E-state index contributed by atoms with van der Waals surface area (Å²) in [4.78, 5) is 4.61. The van der Waals surface area contributed by atoms with E-state index in [4.69, 9.17) is 11.6 Å². The largest absolute Gasteiger partial charge is 0.290 e. The molecule has 4 heteroatoms. The van der Waals surface area contributed by atoms with Crippen LogP contribution in [-0.4, -0.2) is 15.1 Å². The molecule has 0 bridgehead atoms. The van der Waals surface area contributed by atoms with E-state index in [1.54, 1.807) is 0 Å². The maximum atomic E-state index is 6.09. The van der Waals surface area contributed by atoms with E-state index in [1.807, 2.05) is 34.4 Å². The fraction of sp³-hybridized carbons (Fsp3) is 0.364. The van der Waals surface area contributed by atoms with Crippen molar-refractivity contribution in [3.63, 3.8) is 0 Å². The monoisotopic (exact) mass is 238 g/mol. The Kier molecular flexibility index (Phi) is 2.37. The number of halogens is 1. The van der Waals surface area contributed by atoms with E-state index in [1.165, 1.54) is 24.3 Å². The van der Waals surface area contributed by atoms with Gasteiger partial charge in [0, 0.05) is 11.4 Å². The summed E-state index contributed by atoms with van der Waals surface area (Å²) in [5.41, 5.74) is 2.12. The van der Waals surface area contributed by atoms with Gasteiger partial charge < -0.3 is 0 Å². The zero-order chi connectivity index (χ0) is 10.3. The third kappa shape index (κ3) is 1.64. The molecular formula is C11H11ClN2S. The van der Waals surface area contributed by atoms with Crippen LogP contribution in [0.4, 0.5) is 0 Å². The van der Waals surface area contributed by atoms with E-state index < -0.39 is 0 Å². The average Bonchev–Trinajstić information content (AvgIpc) is 2.86. The van der Waals surface area contributed by atoms with Crippen LogP contribution in [0.25, 0.3) is 5.65 Å². The number of nitrogens with zero attached hydrogens (tertiary/aromatic N) is 2. The van der Waals surface area contributed by atoms with Crippen LogP contribution in [0.15, 0.2) is 24.4 Å². The molecule has 3 rings (SSSR count). The number of rotatable bonds is 1. The maximum Gasteiger partial charge on any atom is 0.138 e. The van der Waals surface area contributed by atoms with Gasteiger partial charge in [-0.3, -0.25) is 4.40 Å². The number of hydrogen-bond donors (Lipinski definition) is 0. The summed E-state index contributed by atoms with van der Waals surface area (Å²) in [5, 5.41) is 1.30. The summed E-state index contributed by atoms with van der Waals surface area (Å²) in [6, 6.07) is 5.83. The minimum absolute atomic E-state index is 0.570. The Morgan fingerprint density at radius 2 is 2.40 bits per heavy atom. The number of thioether (sulfide) groups is 1. The second-order valence-electron chi connectivity index (χ2n) is 3.74. The van der Waals surface area contributed by atoms with Crippen LogP contribution in [0.2, 0.25) is 5.15 Å². The summed E-state index contributed by atoms with van der Waals surface area (Å²) >= 11 is 8.09. The number of aromatic nitrogens is 2. The van der Waals surface area contributed by atoms with Gasteiger partial charge >= 0.3 is 0 Å². The van der Waals surface area contributed by atoms with Crippen molar-refractivity contribution >= 4 is 29.0 Å². The van der Waals surface area contributed by atoms with Crippen molar-refractivity contribution in [2.24, 2.45) is 0 Å². The molecule has 2 nitrogen and oxygen atoms in total. The van der Waals surface area contributed by atoms with Gasteiger partial charge in [0.25, 0.3) is 0 Å². The SMILES string of the molecule is Clc1cccc2nc(C3CCCS3)cn12. The van der Waals surface area contributed by atoms with Gasteiger partial charge in [0.1, 0.15) is 10.8 Å². The molecule has 3 heterocycles. The molecule has 15 heavy (non-hydrogen) atoms. The van der Waals surface area contributed by atoms with Gasteiger partial charge in [0.2, 0.25) is 0 Å². The van der Waals surface area contributed by atoms with E-state index in [0.29, 0.717) is 5.25 Å². The molecule has 0 spiro atoms. The van der Waals surface area contributed by atoms with Crippen molar-refractivity contribution in [3.05, 3.63) is 35.2 Å². The third-order valence-electron chi connectivity index (χ3n) is 2.72. The fourth-order valence-corrected chi connectivity index (χ4v) is 3.41. The first-order chi connectivity index (χ1) is 7.34. The van der Waals surface area contributed by atoms with E-state index in [0.717, 1.165) is 10.8 Å². The first-order valence-corrected chi connectivity index (χ1v) is 6.52. The lowest BCUT2D eigenvalue weighted by Gasteiger charge is -2.01. The van der Waals surface area contributed by atoms with Gasteiger partial charge in [-0.2, -0.15) is 11.8 Å². The van der Waals surface area contributed by atoms with Gasteiger partial charge in [-0.05, 0) is 30.7 Å². The van der Waals surface area contributed by atoms with Gasteiger partial charge in [-0.25, -0.2) is 4.98 Å². The molecule has 1 aliphatic heterocycles. The Balaban J connectivity index is 2.09. The highest BCUT2D eigenvalue weighted by Crippen LogP contribution is 2.39. The topological polar surface area (TPSA) is 17.3 Å². The highest BCUT2D eigenvalue weighted by Gasteiger charge is 2.20. The van der Waals surface area contributed by atoms with Crippen LogP contribution in [0, 0.1) is 0 Å². The Morgan fingerprint density at radius 3 is 3.13 bits per heavy atom. The Morgan fingerprint density at radius 1 is 1.47 bits per heavy atom. The summed E-state index contributed by atoms with van der Waals surface area (Å²) in [7, 11) is 0. The Bertz CT molecular complexity index is 488. The second kappa shape index (κ2) is 3.72. The minimum atomic E-state index is 0.570. The normalized spacial score (nSPS) is 21.3. The standard InChI is InChI=1S/C11H11ClN2S/c12-10-4-1-5-11-13-8(7-14(10)11)9-3-2-6-15-9/h1,4-5,7,9H,2-3,6H2. The summed E-state index contributed by atoms with van der Waals surface area (Å²) in [6.07, 6.45) is 4.61. The highest BCUT2D eigenvalue weighted by molar-refractivity contribution is 7.99. The van der Waals surface area contributed by atoms with Crippen LogP contribution < -0.4 is 0 Å². The number of fused-ring (bicyclic) bond motifs is 1. The molecule has 78 valence electrons. The Hall–Kier alpha value is -0.670. The van der Waals surface area contributed by atoms with Crippen molar-refractivity contribution in [1.29, 1.82) is 0 Å². The maximum absolute atomic E-state index is 6.09. The quantitative estimate of drug-likeness (QED) is 0.707. The average molecular weight is 239 g/mol. The van der Waals surface area contributed by atoms with Crippen molar-refractivity contribution in [3.8, 4) is 0 Å². The molecule has 1 aliphatic rings. The molecule has 1 saturated heterocycles. The number of imidazole rings is 1. The fourth-order valence-electron chi connectivity index (χ4n) is 1.96. The number of hydrogen-bond acceptors (Lipinski definition) is 2. The third-order valence-corrected chi connectivity index (χ3v) is 4.43. The molecular weight excluding hydrogens is 228 g/mol. The van der Waals surface area contributed by atoms with Crippen molar-refractivity contribution in [2.45, 2.75) is 18.1 Å². The molecule has 1 atom stereocenters. The molecule has 0 radical (unpaired) electrons. The molecule has 0 aromatic carbocycles. The lowest BCUT2D eigenvalue weighted by molar-refractivity contribution is 0.813. The molecule has 0 saturated carbocycles. The van der Waals surface area contributed by atoms with E-state index >= 15 is 0 Å². The number of pyridine rings is 1. The predicted molar refractivity (Wildman–Crippen MR) is 64.6 cm³/mol. The van der Waals surface area contributed by atoms with Crippen molar-refractivity contribution < 1.29 is 0 Å². The van der Waals surface area contributed by atoms with Crippen molar-refractivity contribution in [1.82, 2.24) is 9.38 Å². The molecule has 0 N–H and O–H groups in total. The van der Waals surface area contributed by atoms with Crippen LogP contribution in [-0.2, 0) is 0 Å². The highest BCUT2D eigenvalue weighted by atomic mass is 35.5. The van der Waals surface area contributed by atoms with Crippen LogP contribution in [0.3, 0.4) is 0 Å². The van der Waals surface area contributed by atoms with E-state index in [2.05, 4.69) is 11.2 Å². The molecule has 2 aromatic heterocycles. The first-order valence-electron chi connectivity index (χ1n) is 5.10. The molecule has 1 unspecified atom stereocenters. The van der Waals surface area contributed by atoms with Crippen LogP contribution in [0.1, 0.15) is 23.8 Å². The summed E-state index contributed by atoms with van der Waals surface area (Å²) in [5.74, 6) is 1.26. The predicted octanol–water partition coefficient (Wildman–Crippen LogP) is 3.56. The van der Waals surface area contributed by atoms with E-state index in [9.17, 15) is 0 Å². The minimum Gasteiger partial charge on any atom is -0.290 e. The van der Waals surface area contributed by atoms with Crippen molar-refractivity contribution in [2.75, 3.05) is 5.75 Å². The summed E-state index contributed by atoms with van der Waals surface area (Å²) < 4.78 is 1.95. The van der Waals surface area contributed by atoms with Crippen LogP contribution in [0.5, 0.6) is 0 Å². The second-order valence-corrected chi connectivity index (χ2v) is 5.44. The van der Waals surface area contributed by atoms with Crippen LogP contribution >= 0.6 is 23.4 Å². The smallest absolute Gasteiger partial charge is 0.138 e. The van der Waals surface area contributed by atoms with Gasteiger partial charge in [0.05, 0.1) is 5.69 Å².